The van der Waals surface area contributed by atoms with Gasteiger partial charge in [0.25, 0.3) is 0 Å². The maximum atomic E-state index is 10.9. The summed E-state index contributed by atoms with van der Waals surface area (Å²) in [4.78, 5) is 21.4. The first kappa shape index (κ1) is 10.9. The van der Waals surface area contributed by atoms with Crippen LogP contribution in [0, 0.1) is 5.92 Å². The second kappa shape index (κ2) is 4.74. The van der Waals surface area contributed by atoms with Crippen molar-refractivity contribution in [3.63, 3.8) is 0 Å². The summed E-state index contributed by atoms with van der Waals surface area (Å²) in [6.07, 6.45) is -0.435. The van der Waals surface area contributed by atoms with E-state index in [0.29, 0.717) is 0 Å². The van der Waals surface area contributed by atoms with E-state index in [1.165, 1.54) is 14.0 Å². The molecule has 0 saturated carbocycles. The van der Waals surface area contributed by atoms with Crippen LogP contribution in [0.4, 0.5) is 0 Å². The molecule has 0 aliphatic rings. The molecule has 0 bridgehead atoms. The fourth-order valence-corrected chi connectivity index (χ4v) is 0.741. The largest absolute Gasteiger partial charge is 0.469 e. The summed E-state index contributed by atoms with van der Waals surface area (Å²) >= 11 is 0. The third kappa shape index (κ3) is 3.37. The number of ether oxygens (including phenoxy) is 2. The highest BCUT2D eigenvalue weighted by atomic mass is 16.6. The predicted octanol–water partition coefficient (Wildman–Crippen LogP) is 0.747. The van der Waals surface area contributed by atoms with Gasteiger partial charge in [-0.1, -0.05) is 0 Å². The Kier molecular flexibility index (Phi) is 4.33. The van der Waals surface area contributed by atoms with Crippen LogP contribution in [0.15, 0.2) is 0 Å². The number of rotatable bonds is 3. The molecule has 0 N–H and O–H groups in total. The van der Waals surface area contributed by atoms with Crippen LogP contribution in [0.3, 0.4) is 0 Å². The molecule has 0 aromatic carbocycles. The third-order valence-electron chi connectivity index (χ3n) is 1.63. The van der Waals surface area contributed by atoms with Gasteiger partial charge in [0.05, 0.1) is 13.0 Å². The van der Waals surface area contributed by atoms with E-state index in [2.05, 4.69) is 4.74 Å². The SMILES string of the molecule is COC(=O)C(C)C(C)OC(C)=O. The number of esters is 2. The van der Waals surface area contributed by atoms with Gasteiger partial charge in [-0.05, 0) is 13.8 Å². The molecule has 4 heteroatoms. The van der Waals surface area contributed by atoms with Crippen LogP contribution >= 0.6 is 0 Å². The zero-order valence-electron chi connectivity index (χ0n) is 7.79. The molecule has 0 radical (unpaired) electrons. The van der Waals surface area contributed by atoms with Crippen LogP contribution in [0.25, 0.3) is 0 Å². The van der Waals surface area contributed by atoms with Gasteiger partial charge in [0.1, 0.15) is 6.10 Å². The normalized spacial score (nSPS) is 14.7. The molecule has 2 unspecified atom stereocenters. The van der Waals surface area contributed by atoms with Crippen molar-refractivity contribution in [1.29, 1.82) is 0 Å². The van der Waals surface area contributed by atoms with Crippen molar-refractivity contribution in [3.8, 4) is 0 Å². The fourth-order valence-electron chi connectivity index (χ4n) is 0.741. The lowest BCUT2D eigenvalue weighted by molar-refractivity contribution is -0.156. The van der Waals surface area contributed by atoms with E-state index < -0.39 is 18.0 Å². The van der Waals surface area contributed by atoms with Crippen LogP contribution in [0.5, 0.6) is 0 Å². The van der Waals surface area contributed by atoms with E-state index in [9.17, 15) is 9.59 Å². The Hall–Kier alpha value is -1.06. The highest BCUT2D eigenvalue weighted by Gasteiger charge is 2.22. The summed E-state index contributed by atoms with van der Waals surface area (Å²) in [5, 5.41) is 0. The maximum Gasteiger partial charge on any atom is 0.312 e. The molecule has 0 saturated heterocycles. The van der Waals surface area contributed by atoms with E-state index >= 15 is 0 Å². The minimum atomic E-state index is -0.435. The van der Waals surface area contributed by atoms with Crippen LogP contribution in [0.1, 0.15) is 20.8 Å². The molecule has 0 spiro atoms. The standard InChI is InChI=1S/C8H14O4/c1-5(8(10)11-4)6(2)12-7(3)9/h5-6H,1-4H3. The molecule has 70 valence electrons. The Morgan fingerprint density at radius 3 is 2.08 bits per heavy atom. The van der Waals surface area contributed by atoms with E-state index in [-0.39, 0.29) is 5.97 Å². The molecule has 0 heterocycles. The Morgan fingerprint density at radius 2 is 1.75 bits per heavy atom. The maximum absolute atomic E-state index is 10.9. The van der Waals surface area contributed by atoms with Crippen molar-refractivity contribution in [1.82, 2.24) is 0 Å². The number of hydrogen-bond donors (Lipinski definition) is 0. The van der Waals surface area contributed by atoms with E-state index in [1.54, 1.807) is 13.8 Å². The molecule has 0 fully saturated rings. The van der Waals surface area contributed by atoms with Gasteiger partial charge < -0.3 is 9.47 Å². The molecule has 0 aromatic heterocycles. The zero-order chi connectivity index (χ0) is 9.72. The van der Waals surface area contributed by atoms with Gasteiger partial charge >= 0.3 is 11.9 Å². The van der Waals surface area contributed by atoms with Crippen LogP contribution in [-0.2, 0) is 19.1 Å². The van der Waals surface area contributed by atoms with Gasteiger partial charge in [-0.15, -0.1) is 0 Å². The average Bonchev–Trinajstić information content (AvgIpc) is 2.00. The monoisotopic (exact) mass is 174 g/mol. The second-order valence-electron chi connectivity index (χ2n) is 2.63. The molecule has 4 nitrogen and oxygen atoms in total. The van der Waals surface area contributed by atoms with Crippen molar-refractivity contribution >= 4 is 11.9 Å². The molecule has 2 atom stereocenters. The summed E-state index contributed by atoms with van der Waals surface area (Å²) < 4.78 is 9.28. The number of methoxy groups -OCH3 is 1. The van der Waals surface area contributed by atoms with E-state index in [0.717, 1.165) is 0 Å². The van der Waals surface area contributed by atoms with Crippen molar-refractivity contribution in [2.75, 3.05) is 7.11 Å². The molecular formula is C8H14O4. The zero-order valence-corrected chi connectivity index (χ0v) is 7.79. The Labute approximate surface area is 71.8 Å². The first-order valence-corrected chi connectivity index (χ1v) is 3.74. The van der Waals surface area contributed by atoms with Crippen molar-refractivity contribution in [2.45, 2.75) is 26.9 Å². The molecule has 0 aliphatic heterocycles. The van der Waals surface area contributed by atoms with Crippen LogP contribution in [0.2, 0.25) is 0 Å². The average molecular weight is 174 g/mol. The summed E-state index contributed by atoms with van der Waals surface area (Å²) in [5.41, 5.74) is 0. The molecule has 12 heavy (non-hydrogen) atoms. The van der Waals surface area contributed by atoms with Gasteiger partial charge in [-0.25, -0.2) is 0 Å². The van der Waals surface area contributed by atoms with Crippen molar-refractivity contribution < 1.29 is 19.1 Å². The molecular weight excluding hydrogens is 160 g/mol. The Bertz CT molecular complexity index is 176. The highest BCUT2D eigenvalue weighted by molar-refractivity contribution is 5.73. The highest BCUT2D eigenvalue weighted by Crippen LogP contribution is 2.08. The summed E-state index contributed by atoms with van der Waals surface area (Å²) in [7, 11) is 1.30. The minimum absolute atomic E-state index is 0.372. The minimum Gasteiger partial charge on any atom is -0.469 e. The molecule has 0 rings (SSSR count). The number of carbonyl (C=O) groups is 2. The van der Waals surface area contributed by atoms with Gasteiger partial charge in [0.15, 0.2) is 0 Å². The predicted molar refractivity (Wildman–Crippen MR) is 42.4 cm³/mol. The molecule has 0 aromatic rings. The topological polar surface area (TPSA) is 52.6 Å². The first-order valence-electron chi connectivity index (χ1n) is 3.74. The lowest BCUT2D eigenvalue weighted by Crippen LogP contribution is -2.28. The van der Waals surface area contributed by atoms with Crippen LogP contribution < -0.4 is 0 Å². The van der Waals surface area contributed by atoms with Gasteiger partial charge in [-0.2, -0.15) is 0 Å². The van der Waals surface area contributed by atoms with E-state index in [4.69, 9.17) is 4.74 Å². The van der Waals surface area contributed by atoms with Gasteiger partial charge in [0.2, 0.25) is 0 Å². The Morgan fingerprint density at radius 1 is 1.25 bits per heavy atom. The van der Waals surface area contributed by atoms with Gasteiger partial charge in [0, 0.05) is 6.92 Å². The molecule has 0 aliphatic carbocycles. The van der Waals surface area contributed by atoms with Gasteiger partial charge in [-0.3, -0.25) is 9.59 Å². The molecule has 0 amide bonds. The number of carbonyl (C=O) groups excluding carboxylic acids is 2. The third-order valence-corrected chi connectivity index (χ3v) is 1.63. The lowest BCUT2D eigenvalue weighted by Gasteiger charge is -2.16. The summed E-state index contributed by atoms with van der Waals surface area (Å²) in [6, 6.07) is 0. The fraction of sp³-hybridized carbons (Fsp3) is 0.750. The smallest absolute Gasteiger partial charge is 0.312 e. The Balaban J connectivity index is 4.00. The first-order chi connectivity index (χ1) is 5.49. The van der Waals surface area contributed by atoms with Crippen molar-refractivity contribution in [3.05, 3.63) is 0 Å². The van der Waals surface area contributed by atoms with Crippen LogP contribution in [-0.4, -0.2) is 25.2 Å². The summed E-state index contributed by atoms with van der Waals surface area (Å²) in [5.74, 6) is -1.18. The second-order valence-corrected chi connectivity index (χ2v) is 2.63. The van der Waals surface area contributed by atoms with E-state index in [1.807, 2.05) is 0 Å². The quantitative estimate of drug-likeness (QED) is 0.592. The van der Waals surface area contributed by atoms with Crippen molar-refractivity contribution in [2.24, 2.45) is 5.92 Å². The lowest BCUT2D eigenvalue weighted by atomic mass is 10.1. The number of hydrogen-bond acceptors (Lipinski definition) is 4. The summed E-state index contributed by atoms with van der Waals surface area (Å²) in [6.45, 7) is 4.61.